The minimum atomic E-state index is -0.706. The highest BCUT2D eigenvalue weighted by atomic mass is 19.1. The van der Waals surface area contributed by atoms with Crippen LogP contribution in [0, 0.1) is 11.7 Å². The molecular weight excluding hydrogens is 385 g/mol. The second-order valence-electron chi connectivity index (χ2n) is 7.60. The summed E-state index contributed by atoms with van der Waals surface area (Å²) >= 11 is 0. The van der Waals surface area contributed by atoms with E-state index in [1.165, 1.54) is 6.07 Å². The van der Waals surface area contributed by atoms with Crippen LogP contribution in [0.2, 0.25) is 0 Å². The summed E-state index contributed by atoms with van der Waals surface area (Å²) < 4.78 is 24.8. The molecule has 3 rings (SSSR count). The number of anilines is 1. The third-order valence-corrected chi connectivity index (χ3v) is 5.25. The van der Waals surface area contributed by atoms with Crippen LogP contribution in [0.25, 0.3) is 0 Å². The predicted molar refractivity (Wildman–Crippen MR) is 112 cm³/mol. The molecule has 1 aliphatic carbocycles. The van der Waals surface area contributed by atoms with Gasteiger partial charge in [0.1, 0.15) is 12.4 Å². The molecule has 0 heterocycles. The van der Waals surface area contributed by atoms with Gasteiger partial charge in [0.05, 0.1) is 17.4 Å². The molecular formula is C24H26FNO4. The first-order chi connectivity index (χ1) is 14.4. The summed E-state index contributed by atoms with van der Waals surface area (Å²) in [5.74, 6) is -0.307. The minimum Gasteiger partial charge on any atom is -0.444 e. The van der Waals surface area contributed by atoms with Gasteiger partial charge in [-0.1, -0.05) is 43.0 Å². The van der Waals surface area contributed by atoms with Gasteiger partial charge >= 0.3 is 12.1 Å². The van der Waals surface area contributed by atoms with Crippen LogP contribution in [-0.4, -0.2) is 12.1 Å². The molecule has 2 aromatic rings. The third-order valence-electron chi connectivity index (χ3n) is 5.25. The Morgan fingerprint density at radius 1 is 1.10 bits per heavy atom. The normalized spacial score (nSPS) is 18.3. The maximum absolute atomic E-state index is 14.5. The zero-order chi connectivity index (χ0) is 21.5. The Morgan fingerprint density at radius 2 is 1.80 bits per heavy atom. The summed E-state index contributed by atoms with van der Waals surface area (Å²) in [6.07, 6.45) is 2.25. The van der Waals surface area contributed by atoms with Crippen molar-refractivity contribution in [3.8, 4) is 0 Å². The molecule has 158 valence electrons. The number of amides is 1. The lowest BCUT2D eigenvalue weighted by molar-refractivity contribution is -0.145. The second kappa shape index (κ2) is 10.1. The van der Waals surface area contributed by atoms with Gasteiger partial charge in [0, 0.05) is 0 Å². The molecule has 2 aromatic carbocycles. The lowest BCUT2D eigenvalue weighted by Crippen LogP contribution is -2.22. The van der Waals surface area contributed by atoms with Crippen LogP contribution in [0.4, 0.5) is 14.9 Å². The molecule has 0 radical (unpaired) electrons. The Morgan fingerprint density at radius 3 is 2.43 bits per heavy atom. The van der Waals surface area contributed by atoms with Crippen LogP contribution in [0.3, 0.4) is 0 Å². The first kappa shape index (κ1) is 21.6. The molecule has 5 nitrogen and oxygen atoms in total. The molecule has 0 bridgehead atoms. The van der Waals surface area contributed by atoms with Crippen molar-refractivity contribution in [1.82, 2.24) is 0 Å². The molecule has 0 unspecified atom stereocenters. The fraction of sp³-hybridized carbons (Fsp3) is 0.333. The van der Waals surface area contributed by atoms with Gasteiger partial charge in [0.25, 0.3) is 0 Å². The van der Waals surface area contributed by atoms with E-state index < -0.39 is 11.9 Å². The Balaban J connectivity index is 1.52. The van der Waals surface area contributed by atoms with E-state index in [0.717, 1.165) is 24.0 Å². The number of halogens is 1. The number of hydrogen-bond acceptors (Lipinski definition) is 4. The van der Waals surface area contributed by atoms with E-state index in [4.69, 9.17) is 9.47 Å². The van der Waals surface area contributed by atoms with Crippen molar-refractivity contribution in [3.05, 3.63) is 77.8 Å². The van der Waals surface area contributed by atoms with Gasteiger partial charge in [-0.25, -0.2) is 9.18 Å². The highest BCUT2D eigenvalue weighted by Gasteiger charge is 2.28. The van der Waals surface area contributed by atoms with Gasteiger partial charge in [0.15, 0.2) is 0 Å². The summed E-state index contributed by atoms with van der Waals surface area (Å²) in [7, 11) is 0. The van der Waals surface area contributed by atoms with Crippen molar-refractivity contribution in [2.75, 3.05) is 5.32 Å². The molecule has 0 spiro atoms. The van der Waals surface area contributed by atoms with Crippen LogP contribution in [0.1, 0.15) is 49.7 Å². The van der Waals surface area contributed by atoms with E-state index >= 15 is 0 Å². The summed E-state index contributed by atoms with van der Waals surface area (Å²) in [5.41, 5.74) is 1.80. The monoisotopic (exact) mass is 411 g/mol. The average Bonchev–Trinajstić information content (AvgIpc) is 2.74. The first-order valence-electron chi connectivity index (χ1n) is 10.1. The van der Waals surface area contributed by atoms with Crippen molar-refractivity contribution >= 4 is 17.7 Å². The zero-order valence-corrected chi connectivity index (χ0v) is 17.0. The van der Waals surface area contributed by atoms with E-state index in [9.17, 15) is 14.0 Å². The highest BCUT2D eigenvalue weighted by Crippen LogP contribution is 2.37. The molecule has 0 atom stereocenters. The molecule has 0 saturated heterocycles. The lowest BCUT2D eigenvalue weighted by atomic mass is 9.78. The van der Waals surface area contributed by atoms with Crippen LogP contribution < -0.4 is 5.32 Å². The maximum atomic E-state index is 14.5. The Labute approximate surface area is 175 Å². The molecule has 0 aliphatic heterocycles. The van der Waals surface area contributed by atoms with Gasteiger partial charge in [-0.2, -0.15) is 0 Å². The maximum Gasteiger partial charge on any atom is 0.412 e. The van der Waals surface area contributed by atoms with Crippen LogP contribution >= 0.6 is 0 Å². The van der Waals surface area contributed by atoms with Crippen molar-refractivity contribution in [2.24, 2.45) is 5.92 Å². The van der Waals surface area contributed by atoms with Crippen LogP contribution in [0.15, 0.2) is 60.9 Å². The number of carbonyl (C=O) groups excluding carboxylic acids is 2. The number of hydrogen-bond donors (Lipinski definition) is 1. The van der Waals surface area contributed by atoms with Crippen molar-refractivity contribution in [2.45, 2.75) is 45.1 Å². The Hall–Kier alpha value is -3.15. The number of nitrogens with one attached hydrogen (secondary N) is 1. The van der Waals surface area contributed by atoms with Crippen LogP contribution in [-0.2, 0) is 20.9 Å². The standard InChI is InChI=1S/C24H26FNO4/c1-16(2)30-23(27)19-10-8-18(9-11-19)20-12-13-22(21(25)14-20)26-24(28)29-15-17-6-4-3-5-7-17/h3-7,12-14,18-19H,1,8-11,15H2,2H3,(H,26,28)/t18-,19+. The third kappa shape index (κ3) is 5.92. The fourth-order valence-electron chi connectivity index (χ4n) is 3.67. The molecule has 1 saturated carbocycles. The van der Waals surface area contributed by atoms with E-state index in [0.29, 0.717) is 18.6 Å². The molecule has 0 aromatic heterocycles. The van der Waals surface area contributed by atoms with E-state index in [1.54, 1.807) is 13.0 Å². The Kier molecular flexibility index (Phi) is 7.22. The van der Waals surface area contributed by atoms with Gasteiger partial charge in [-0.3, -0.25) is 10.1 Å². The molecule has 6 heteroatoms. The predicted octanol–water partition coefficient (Wildman–Crippen LogP) is 5.93. The van der Waals surface area contributed by atoms with Gasteiger partial charge in [-0.15, -0.1) is 0 Å². The molecule has 1 aliphatic rings. The smallest absolute Gasteiger partial charge is 0.412 e. The first-order valence-corrected chi connectivity index (χ1v) is 10.1. The molecule has 1 N–H and O–H groups in total. The van der Waals surface area contributed by atoms with Crippen molar-refractivity contribution in [3.63, 3.8) is 0 Å². The van der Waals surface area contributed by atoms with E-state index in [1.807, 2.05) is 36.4 Å². The highest BCUT2D eigenvalue weighted by molar-refractivity contribution is 5.84. The number of rotatable bonds is 6. The SMILES string of the molecule is C=C(C)OC(=O)[C@H]1CC[C@@H](c2ccc(NC(=O)OCc3ccccc3)c(F)c2)CC1. The summed E-state index contributed by atoms with van der Waals surface area (Å²) in [4.78, 5) is 24.0. The number of ether oxygens (including phenoxy) is 2. The topological polar surface area (TPSA) is 64.6 Å². The summed E-state index contributed by atoms with van der Waals surface area (Å²) in [6, 6.07) is 14.1. The van der Waals surface area contributed by atoms with Gasteiger partial charge in [-0.05, 0) is 61.8 Å². The number of carbonyl (C=O) groups is 2. The average molecular weight is 411 g/mol. The lowest BCUT2D eigenvalue weighted by Gasteiger charge is -2.27. The van der Waals surface area contributed by atoms with Crippen molar-refractivity contribution < 1.29 is 23.5 Å². The minimum absolute atomic E-state index is 0.0792. The number of allylic oxidation sites excluding steroid dienone is 1. The molecule has 1 amide bonds. The zero-order valence-electron chi connectivity index (χ0n) is 17.0. The molecule has 30 heavy (non-hydrogen) atoms. The van der Waals surface area contributed by atoms with Gasteiger partial charge in [0.2, 0.25) is 0 Å². The van der Waals surface area contributed by atoms with Crippen molar-refractivity contribution in [1.29, 1.82) is 0 Å². The van der Waals surface area contributed by atoms with E-state index in [2.05, 4.69) is 11.9 Å². The number of esters is 1. The largest absolute Gasteiger partial charge is 0.444 e. The fourth-order valence-corrected chi connectivity index (χ4v) is 3.67. The van der Waals surface area contributed by atoms with Gasteiger partial charge < -0.3 is 9.47 Å². The van der Waals surface area contributed by atoms with E-state index in [-0.39, 0.29) is 30.1 Å². The second-order valence-corrected chi connectivity index (χ2v) is 7.60. The molecule has 1 fully saturated rings. The quantitative estimate of drug-likeness (QED) is 0.473. The summed E-state index contributed by atoms with van der Waals surface area (Å²) in [5, 5.41) is 2.45. The number of benzene rings is 2. The Bertz CT molecular complexity index is 905. The van der Waals surface area contributed by atoms with Crippen LogP contribution in [0.5, 0.6) is 0 Å². The summed E-state index contributed by atoms with van der Waals surface area (Å²) in [6.45, 7) is 5.36.